The molecule has 1 aliphatic carbocycles. The third kappa shape index (κ3) is 1.80. The van der Waals surface area contributed by atoms with Crippen LogP contribution in [0.4, 0.5) is 0 Å². The first-order chi connectivity index (χ1) is 8.47. The Bertz CT molecular complexity index is 470. The summed E-state index contributed by atoms with van der Waals surface area (Å²) < 4.78 is 10.6. The van der Waals surface area contributed by atoms with Gasteiger partial charge in [-0.05, 0) is 19.8 Å². The fourth-order valence-electron chi connectivity index (χ4n) is 2.47. The molecule has 0 aromatic heterocycles. The van der Waals surface area contributed by atoms with Crippen LogP contribution in [0.3, 0.4) is 0 Å². The van der Waals surface area contributed by atoms with Crippen molar-refractivity contribution in [2.75, 3.05) is 14.2 Å². The van der Waals surface area contributed by atoms with Gasteiger partial charge in [0.05, 0.1) is 19.2 Å². The summed E-state index contributed by atoms with van der Waals surface area (Å²) in [5, 5.41) is 10.2. The van der Waals surface area contributed by atoms with Crippen molar-refractivity contribution in [2.45, 2.75) is 31.2 Å². The number of ether oxygens (including phenoxy) is 2. The molecule has 18 heavy (non-hydrogen) atoms. The Morgan fingerprint density at radius 1 is 1.39 bits per heavy atom. The molecule has 1 saturated carbocycles. The fraction of sp³-hybridized carbons (Fsp3) is 0.538. The number of methoxy groups -OCH3 is 2. The summed E-state index contributed by atoms with van der Waals surface area (Å²) in [6.45, 7) is 1.94. The third-order valence-electron chi connectivity index (χ3n) is 3.75. The van der Waals surface area contributed by atoms with E-state index in [0.29, 0.717) is 16.5 Å². The number of nitrogens with two attached hydrogens (primary N) is 1. The summed E-state index contributed by atoms with van der Waals surface area (Å²) in [6.07, 6.45) is 1.88. The van der Waals surface area contributed by atoms with E-state index in [1.54, 1.807) is 7.11 Å². The van der Waals surface area contributed by atoms with Gasteiger partial charge in [-0.25, -0.2) is 0 Å². The number of aromatic hydroxyl groups is 1. The second-order valence-electron chi connectivity index (χ2n) is 4.76. The van der Waals surface area contributed by atoms with Gasteiger partial charge in [-0.15, -0.1) is 0 Å². The van der Waals surface area contributed by atoms with Crippen molar-refractivity contribution < 1.29 is 14.6 Å². The average molecular weight is 272 g/mol. The van der Waals surface area contributed by atoms with Crippen LogP contribution >= 0.6 is 11.6 Å². The Labute approximate surface area is 112 Å². The van der Waals surface area contributed by atoms with Gasteiger partial charge >= 0.3 is 0 Å². The lowest BCUT2D eigenvalue weighted by Gasteiger charge is -2.25. The highest BCUT2D eigenvalue weighted by Gasteiger charge is 2.51. The molecule has 0 amide bonds. The number of hydrogen-bond acceptors (Lipinski definition) is 4. The SMILES string of the molecule is COc1cc(O)c(Cl)c(C2(C(C)N)CC2)c1OC. The molecule has 1 atom stereocenters. The molecule has 100 valence electrons. The monoisotopic (exact) mass is 271 g/mol. The lowest BCUT2D eigenvalue weighted by atomic mass is 9.88. The second kappa shape index (κ2) is 4.52. The predicted molar refractivity (Wildman–Crippen MR) is 70.8 cm³/mol. The molecule has 5 heteroatoms. The quantitative estimate of drug-likeness (QED) is 0.883. The maximum atomic E-state index is 9.90. The van der Waals surface area contributed by atoms with E-state index in [-0.39, 0.29) is 17.2 Å². The number of hydrogen-bond donors (Lipinski definition) is 2. The molecule has 1 unspecified atom stereocenters. The minimum atomic E-state index is -0.214. The Morgan fingerprint density at radius 3 is 2.39 bits per heavy atom. The molecule has 3 N–H and O–H groups in total. The smallest absolute Gasteiger partial charge is 0.166 e. The van der Waals surface area contributed by atoms with Crippen molar-refractivity contribution in [1.82, 2.24) is 0 Å². The summed E-state index contributed by atoms with van der Waals surface area (Å²) in [5.41, 5.74) is 6.61. The molecule has 1 aliphatic rings. The number of phenolic OH excluding ortho intramolecular Hbond substituents is 1. The van der Waals surface area contributed by atoms with Gasteiger partial charge in [0.25, 0.3) is 0 Å². The van der Waals surface area contributed by atoms with E-state index >= 15 is 0 Å². The molecule has 1 fully saturated rings. The van der Waals surface area contributed by atoms with Crippen LogP contribution in [0.1, 0.15) is 25.3 Å². The third-order valence-corrected chi connectivity index (χ3v) is 4.13. The van der Waals surface area contributed by atoms with Crippen molar-refractivity contribution in [3.63, 3.8) is 0 Å². The summed E-state index contributed by atoms with van der Waals surface area (Å²) in [6, 6.07) is 1.40. The van der Waals surface area contributed by atoms with E-state index in [1.807, 2.05) is 6.92 Å². The van der Waals surface area contributed by atoms with E-state index in [2.05, 4.69) is 0 Å². The fourth-order valence-corrected chi connectivity index (χ4v) is 2.80. The number of halogens is 1. The van der Waals surface area contributed by atoms with Gasteiger partial charge in [-0.2, -0.15) is 0 Å². The highest BCUT2D eigenvalue weighted by Crippen LogP contribution is 2.58. The standard InChI is InChI=1S/C13H18ClNO3/c1-7(15)13(4-5-13)10-11(14)8(16)6-9(17-2)12(10)18-3/h6-7,16H,4-5,15H2,1-3H3. The summed E-state index contributed by atoms with van der Waals surface area (Å²) >= 11 is 6.23. The maximum Gasteiger partial charge on any atom is 0.166 e. The lowest BCUT2D eigenvalue weighted by Crippen LogP contribution is -2.32. The topological polar surface area (TPSA) is 64.7 Å². The summed E-state index contributed by atoms with van der Waals surface area (Å²) in [4.78, 5) is 0. The van der Waals surface area contributed by atoms with E-state index in [9.17, 15) is 5.11 Å². The van der Waals surface area contributed by atoms with Gasteiger partial charge < -0.3 is 20.3 Å². The molecular formula is C13H18ClNO3. The molecule has 1 aromatic rings. The predicted octanol–water partition coefficient (Wildman–Crippen LogP) is 2.44. The molecule has 0 spiro atoms. The molecule has 0 bridgehead atoms. The van der Waals surface area contributed by atoms with E-state index in [4.69, 9.17) is 26.8 Å². The van der Waals surface area contributed by atoms with Gasteiger partial charge in [-0.3, -0.25) is 0 Å². The van der Waals surface area contributed by atoms with Crippen LogP contribution in [0, 0.1) is 0 Å². The van der Waals surface area contributed by atoms with Crippen molar-refractivity contribution in [1.29, 1.82) is 0 Å². The van der Waals surface area contributed by atoms with E-state index in [1.165, 1.54) is 13.2 Å². The number of benzene rings is 1. The number of phenols is 1. The molecule has 0 heterocycles. The summed E-state index contributed by atoms with van der Waals surface area (Å²) in [7, 11) is 3.09. The Morgan fingerprint density at radius 2 is 2.00 bits per heavy atom. The molecular weight excluding hydrogens is 254 g/mol. The zero-order chi connectivity index (χ0) is 13.5. The minimum Gasteiger partial charge on any atom is -0.506 e. The van der Waals surface area contributed by atoms with Gasteiger partial charge in [0, 0.05) is 23.1 Å². The highest BCUT2D eigenvalue weighted by molar-refractivity contribution is 6.33. The Hall–Kier alpha value is -1.13. The molecule has 0 saturated heterocycles. The zero-order valence-corrected chi connectivity index (χ0v) is 11.5. The van der Waals surface area contributed by atoms with Crippen LogP contribution in [-0.4, -0.2) is 25.4 Å². The first-order valence-corrected chi connectivity index (χ1v) is 6.25. The van der Waals surface area contributed by atoms with Crippen LogP contribution in [-0.2, 0) is 5.41 Å². The van der Waals surface area contributed by atoms with Crippen molar-refractivity contribution in [3.05, 3.63) is 16.7 Å². The minimum absolute atomic E-state index is 0.00348. The van der Waals surface area contributed by atoms with Gasteiger partial charge in [-0.1, -0.05) is 11.6 Å². The van der Waals surface area contributed by atoms with Crippen molar-refractivity contribution in [2.24, 2.45) is 5.73 Å². The van der Waals surface area contributed by atoms with Crippen molar-refractivity contribution >= 4 is 11.6 Å². The van der Waals surface area contributed by atoms with E-state index < -0.39 is 0 Å². The lowest BCUT2D eigenvalue weighted by molar-refractivity contribution is 0.342. The summed E-state index contributed by atoms with van der Waals surface area (Å²) in [5.74, 6) is 1.03. The van der Waals surface area contributed by atoms with Gasteiger partial charge in [0.2, 0.25) is 0 Å². The van der Waals surface area contributed by atoms with Crippen LogP contribution < -0.4 is 15.2 Å². The molecule has 2 rings (SSSR count). The van der Waals surface area contributed by atoms with Crippen molar-refractivity contribution in [3.8, 4) is 17.2 Å². The highest BCUT2D eigenvalue weighted by atomic mass is 35.5. The maximum absolute atomic E-state index is 9.90. The Balaban J connectivity index is 2.68. The van der Waals surface area contributed by atoms with Crippen LogP contribution in [0.2, 0.25) is 5.02 Å². The molecule has 4 nitrogen and oxygen atoms in total. The van der Waals surface area contributed by atoms with E-state index in [0.717, 1.165) is 18.4 Å². The Kier molecular flexibility index (Phi) is 3.34. The van der Waals surface area contributed by atoms with Gasteiger partial charge in [0.1, 0.15) is 5.75 Å². The average Bonchev–Trinajstić information content (AvgIpc) is 3.12. The molecule has 0 radical (unpaired) electrons. The van der Waals surface area contributed by atoms with Crippen LogP contribution in [0.5, 0.6) is 17.2 Å². The zero-order valence-electron chi connectivity index (χ0n) is 10.8. The first kappa shape index (κ1) is 13.3. The molecule has 0 aliphatic heterocycles. The molecule has 1 aromatic carbocycles. The normalized spacial score (nSPS) is 18.3. The largest absolute Gasteiger partial charge is 0.506 e. The van der Waals surface area contributed by atoms with Gasteiger partial charge in [0.15, 0.2) is 11.5 Å². The van der Waals surface area contributed by atoms with Crippen LogP contribution in [0.15, 0.2) is 6.07 Å². The number of rotatable bonds is 4. The first-order valence-electron chi connectivity index (χ1n) is 5.87. The van der Waals surface area contributed by atoms with Crippen LogP contribution in [0.25, 0.3) is 0 Å². The second-order valence-corrected chi connectivity index (χ2v) is 5.14.